The molecule has 0 radical (unpaired) electrons. The van der Waals surface area contributed by atoms with Crippen molar-refractivity contribution in [3.63, 3.8) is 0 Å². The number of para-hydroxylation sites is 1. The van der Waals surface area contributed by atoms with Gasteiger partial charge in [0.25, 0.3) is 0 Å². The van der Waals surface area contributed by atoms with Gasteiger partial charge in [0.2, 0.25) is 0 Å². The Morgan fingerprint density at radius 2 is 0.841 bits per heavy atom. The molecule has 0 aliphatic rings. The minimum Gasteiger partial charge on any atom is -0.309 e. The van der Waals surface area contributed by atoms with Crippen LogP contribution in [0.25, 0.3) is 72.0 Å². The molecule has 0 atom stereocenters. The lowest BCUT2D eigenvalue weighted by atomic mass is 9.94. The van der Waals surface area contributed by atoms with Crippen LogP contribution in [0.5, 0.6) is 0 Å². The quantitative estimate of drug-likeness (QED) is 0.179. The summed E-state index contributed by atoms with van der Waals surface area (Å²) in [5.74, 6) is 0. The molecule has 0 saturated carbocycles. The van der Waals surface area contributed by atoms with Gasteiger partial charge >= 0.3 is 0 Å². The largest absolute Gasteiger partial charge is 0.309 e. The van der Waals surface area contributed by atoms with Crippen molar-refractivity contribution in [3.8, 4) is 50.2 Å². The average molecular weight is 627 g/mol. The third kappa shape index (κ3) is 4.65. The van der Waals surface area contributed by atoms with E-state index in [1.54, 1.807) is 0 Å². The second kappa shape index (κ2) is 11.1. The predicted molar refractivity (Wildman–Crippen MR) is 190 cm³/mol. The van der Waals surface area contributed by atoms with Crippen molar-refractivity contribution in [3.05, 3.63) is 174 Å². The third-order valence-electron chi connectivity index (χ3n) is 8.53. The summed E-state index contributed by atoms with van der Waals surface area (Å²) in [6.45, 7) is 0. The van der Waals surface area contributed by atoms with Crippen LogP contribution in [0.15, 0.2) is 174 Å². The number of halogens is 1. The van der Waals surface area contributed by atoms with E-state index in [1.165, 1.54) is 66.3 Å². The topological polar surface area (TPSA) is 4.93 Å². The van der Waals surface area contributed by atoms with Gasteiger partial charge in [-0.25, -0.2) is 0 Å². The van der Waals surface area contributed by atoms with Gasteiger partial charge in [0.05, 0.1) is 11.0 Å². The van der Waals surface area contributed by atoms with Crippen molar-refractivity contribution < 1.29 is 0 Å². The lowest BCUT2D eigenvalue weighted by molar-refractivity contribution is 1.18. The van der Waals surface area contributed by atoms with E-state index in [2.05, 4.69) is 184 Å². The number of hydrogen-bond acceptors (Lipinski definition) is 0. The van der Waals surface area contributed by atoms with Crippen LogP contribution >= 0.6 is 15.9 Å². The second-order valence-electron chi connectivity index (χ2n) is 11.1. The van der Waals surface area contributed by atoms with E-state index in [0.717, 1.165) is 10.2 Å². The van der Waals surface area contributed by atoms with Crippen molar-refractivity contribution in [2.24, 2.45) is 0 Å². The Bertz CT molecular complexity index is 2260. The zero-order chi connectivity index (χ0) is 29.5. The van der Waals surface area contributed by atoms with Crippen LogP contribution in [0, 0.1) is 0 Å². The molecule has 0 amide bonds. The summed E-state index contributed by atoms with van der Waals surface area (Å²) in [7, 11) is 0. The molecule has 0 spiro atoms. The molecular formula is C42H28BrN. The molecule has 0 fully saturated rings. The Balaban J connectivity index is 1.22. The minimum atomic E-state index is 1.10. The minimum absolute atomic E-state index is 1.10. The number of benzene rings is 7. The maximum atomic E-state index is 3.70. The normalized spacial score (nSPS) is 11.3. The van der Waals surface area contributed by atoms with Crippen LogP contribution in [0.1, 0.15) is 0 Å². The molecule has 1 nitrogen and oxygen atoms in total. The van der Waals surface area contributed by atoms with Gasteiger partial charge in [-0.2, -0.15) is 0 Å². The monoisotopic (exact) mass is 625 g/mol. The summed E-state index contributed by atoms with van der Waals surface area (Å²) in [4.78, 5) is 0. The van der Waals surface area contributed by atoms with Crippen molar-refractivity contribution in [1.82, 2.24) is 4.57 Å². The molecule has 7 aromatic carbocycles. The summed E-state index contributed by atoms with van der Waals surface area (Å²) >= 11 is 3.70. The molecule has 2 heteroatoms. The van der Waals surface area contributed by atoms with E-state index in [4.69, 9.17) is 0 Å². The summed E-state index contributed by atoms with van der Waals surface area (Å²) in [6, 6.07) is 61.1. The van der Waals surface area contributed by atoms with E-state index >= 15 is 0 Å². The van der Waals surface area contributed by atoms with Gasteiger partial charge in [0.15, 0.2) is 0 Å². The number of aromatic nitrogens is 1. The standard InChI is InChI=1S/C42H28BrN/c43-40-16-8-6-14-37(40)32-20-18-29(19-21-32)33-24-27-39-38-15-7-9-17-41(38)44(42(39)28-33)34-25-22-31(23-26-34)36-13-5-4-12-35(36)30-10-2-1-3-11-30/h1-28H. The molecular weight excluding hydrogens is 598 g/mol. The molecule has 8 rings (SSSR count). The van der Waals surface area contributed by atoms with Gasteiger partial charge in [-0.15, -0.1) is 0 Å². The average Bonchev–Trinajstić information content (AvgIpc) is 3.43. The number of hydrogen-bond donors (Lipinski definition) is 0. The van der Waals surface area contributed by atoms with Crippen molar-refractivity contribution >= 4 is 37.7 Å². The number of fused-ring (bicyclic) bond motifs is 3. The Hall–Kier alpha value is -5.18. The zero-order valence-corrected chi connectivity index (χ0v) is 25.6. The molecule has 0 saturated heterocycles. The molecule has 1 aromatic heterocycles. The third-order valence-corrected chi connectivity index (χ3v) is 9.22. The van der Waals surface area contributed by atoms with E-state index in [1.807, 2.05) is 6.07 Å². The van der Waals surface area contributed by atoms with Gasteiger partial charge in [-0.05, 0) is 74.8 Å². The zero-order valence-electron chi connectivity index (χ0n) is 24.0. The first-order valence-electron chi connectivity index (χ1n) is 14.9. The van der Waals surface area contributed by atoms with Crippen molar-refractivity contribution in [2.75, 3.05) is 0 Å². The maximum Gasteiger partial charge on any atom is 0.0547 e. The fourth-order valence-electron chi connectivity index (χ4n) is 6.36. The Labute approximate surface area is 265 Å². The fourth-order valence-corrected chi connectivity index (χ4v) is 6.87. The Kier molecular flexibility index (Phi) is 6.70. The van der Waals surface area contributed by atoms with E-state index in [-0.39, 0.29) is 0 Å². The van der Waals surface area contributed by atoms with E-state index in [9.17, 15) is 0 Å². The Morgan fingerprint density at radius 3 is 1.57 bits per heavy atom. The fraction of sp³-hybridized carbons (Fsp3) is 0. The highest BCUT2D eigenvalue weighted by Gasteiger charge is 2.14. The predicted octanol–water partition coefficient (Wildman–Crippen LogP) is 12.2. The highest BCUT2D eigenvalue weighted by molar-refractivity contribution is 9.10. The van der Waals surface area contributed by atoms with E-state index < -0.39 is 0 Å². The molecule has 1 heterocycles. The molecule has 0 aliphatic heterocycles. The van der Waals surface area contributed by atoms with E-state index in [0.29, 0.717) is 0 Å². The van der Waals surface area contributed by atoms with Crippen molar-refractivity contribution in [1.29, 1.82) is 0 Å². The lowest BCUT2D eigenvalue weighted by Crippen LogP contribution is -1.94. The molecule has 0 unspecified atom stereocenters. The molecule has 0 bridgehead atoms. The summed E-state index contributed by atoms with van der Waals surface area (Å²) < 4.78 is 3.50. The molecule has 0 aliphatic carbocycles. The Morgan fingerprint density at radius 1 is 0.341 bits per heavy atom. The van der Waals surface area contributed by atoms with Gasteiger partial charge in [0, 0.05) is 20.9 Å². The number of rotatable bonds is 5. The van der Waals surface area contributed by atoms with Gasteiger partial charge in [-0.3, -0.25) is 0 Å². The highest BCUT2D eigenvalue weighted by Crippen LogP contribution is 2.37. The second-order valence-corrected chi connectivity index (χ2v) is 12.0. The summed E-state index contributed by atoms with van der Waals surface area (Å²) in [5, 5.41) is 2.52. The molecule has 0 N–H and O–H groups in total. The van der Waals surface area contributed by atoms with Gasteiger partial charge in [0.1, 0.15) is 0 Å². The first kappa shape index (κ1) is 26.4. The van der Waals surface area contributed by atoms with Crippen LogP contribution in [-0.2, 0) is 0 Å². The van der Waals surface area contributed by atoms with Crippen LogP contribution in [0.3, 0.4) is 0 Å². The SMILES string of the molecule is Brc1ccccc1-c1ccc(-c2ccc3c4ccccc4n(-c4ccc(-c5ccccc5-c5ccccc5)cc4)c3c2)cc1. The first-order chi connectivity index (χ1) is 21.7. The molecule has 208 valence electrons. The van der Waals surface area contributed by atoms with Crippen LogP contribution in [0.4, 0.5) is 0 Å². The lowest BCUT2D eigenvalue weighted by Gasteiger charge is -2.13. The van der Waals surface area contributed by atoms with Crippen LogP contribution < -0.4 is 0 Å². The maximum absolute atomic E-state index is 3.70. The van der Waals surface area contributed by atoms with Crippen LogP contribution in [0.2, 0.25) is 0 Å². The summed E-state index contributed by atoms with van der Waals surface area (Å²) in [5.41, 5.74) is 13.3. The number of nitrogens with zero attached hydrogens (tertiary/aromatic N) is 1. The first-order valence-corrected chi connectivity index (χ1v) is 15.7. The highest BCUT2D eigenvalue weighted by atomic mass is 79.9. The molecule has 8 aromatic rings. The van der Waals surface area contributed by atoms with Crippen molar-refractivity contribution in [2.45, 2.75) is 0 Å². The van der Waals surface area contributed by atoms with Gasteiger partial charge < -0.3 is 4.57 Å². The summed E-state index contributed by atoms with van der Waals surface area (Å²) in [6.07, 6.45) is 0. The smallest absolute Gasteiger partial charge is 0.0547 e. The van der Waals surface area contributed by atoms with Crippen LogP contribution in [-0.4, -0.2) is 4.57 Å². The van der Waals surface area contributed by atoms with Gasteiger partial charge in [-0.1, -0.05) is 155 Å². The molecule has 44 heavy (non-hydrogen) atoms.